The molecular formula is C15H20N2O. The van der Waals surface area contributed by atoms with Crippen LogP contribution in [0.2, 0.25) is 0 Å². The lowest BCUT2D eigenvalue weighted by molar-refractivity contribution is 0.291. The van der Waals surface area contributed by atoms with Crippen molar-refractivity contribution < 1.29 is 4.74 Å². The van der Waals surface area contributed by atoms with E-state index >= 15 is 0 Å². The van der Waals surface area contributed by atoms with Crippen molar-refractivity contribution in [2.45, 2.75) is 32.7 Å². The van der Waals surface area contributed by atoms with Gasteiger partial charge in [-0.15, -0.1) is 0 Å². The summed E-state index contributed by atoms with van der Waals surface area (Å²) in [6.07, 6.45) is 4.88. The Labute approximate surface area is 108 Å². The van der Waals surface area contributed by atoms with Gasteiger partial charge in [0.2, 0.25) is 0 Å². The average molecular weight is 244 g/mol. The number of hydrogen-bond acceptors (Lipinski definition) is 2. The van der Waals surface area contributed by atoms with E-state index in [1.165, 1.54) is 12.0 Å². The maximum atomic E-state index is 5.69. The molecule has 0 aliphatic carbocycles. The lowest BCUT2D eigenvalue weighted by Gasteiger charge is -2.10. The largest absolute Gasteiger partial charge is 0.492 e. The molecule has 0 spiro atoms. The van der Waals surface area contributed by atoms with Gasteiger partial charge in [-0.05, 0) is 36.1 Å². The fraction of sp³-hybridized carbons (Fsp3) is 0.400. The van der Waals surface area contributed by atoms with Crippen molar-refractivity contribution in [3.8, 4) is 5.75 Å². The Morgan fingerprint density at radius 1 is 1.28 bits per heavy atom. The monoisotopic (exact) mass is 244 g/mol. The van der Waals surface area contributed by atoms with Gasteiger partial charge in [0, 0.05) is 12.4 Å². The molecule has 0 fully saturated rings. The third-order valence-corrected chi connectivity index (χ3v) is 3.21. The normalized spacial score (nSPS) is 12.3. The molecule has 18 heavy (non-hydrogen) atoms. The van der Waals surface area contributed by atoms with Crippen LogP contribution in [0.4, 0.5) is 0 Å². The summed E-state index contributed by atoms with van der Waals surface area (Å²) in [6, 6.07) is 10.3. The fourth-order valence-corrected chi connectivity index (χ4v) is 1.82. The standard InChI is InChI=1S/C15H20N2O/c1-3-13(2)14-5-7-15(8-6-14)18-12-11-17-10-4-9-16-17/h4-10,13H,3,11-12H2,1-2H3. The minimum absolute atomic E-state index is 0.614. The summed E-state index contributed by atoms with van der Waals surface area (Å²) in [7, 11) is 0. The molecule has 1 heterocycles. The maximum absolute atomic E-state index is 5.69. The van der Waals surface area contributed by atoms with Crippen molar-refractivity contribution in [2.75, 3.05) is 6.61 Å². The van der Waals surface area contributed by atoms with Crippen LogP contribution in [0, 0.1) is 0 Å². The van der Waals surface area contributed by atoms with Gasteiger partial charge in [0.05, 0.1) is 6.54 Å². The SMILES string of the molecule is CCC(C)c1ccc(OCCn2cccn2)cc1. The van der Waals surface area contributed by atoms with Crippen molar-refractivity contribution in [3.05, 3.63) is 48.3 Å². The molecule has 0 bridgehead atoms. The van der Waals surface area contributed by atoms with Crippen LogP contribution in [-0.2, 0) is 6.54 Å². The summed E-state index contributed by atoms with van der Waals surface area (Å²) in [5.41, 5.74) is 1.37. The van der Waals surface area contributed by atoms with E-state index in [2.05, 4.69) is 31.1 Å². The first-order chi connectivity index (χ1) is 8.79. The minimum Gasteiger partial charge on any atom is -0.492 e. The van der Waals surface area contributed by atoms with Gasteiger partial charge in [-0.1, -0.05) is 26.0 Å². The molecule has 0 aliphatic rings. The highest BCUT2D eigenvalue weighted by atomic mass is 16.5. The highest BCUT2D eigenvalue weighted by Crippen LogP contribution is 2.21. The first-order valence-electron chi connectivity index (χ1n) is 6.49. The van der Waals surface area contributed by atoms with Crippen molar-refractivity contribution >= 4 is 0 Å². The van der Waals surface area contributed by atoms with Crippen LogP contribution in [0.15, 0.2) is 42.7 Å². The molecule has 0 radical (unpaired) electrons. The van der Waals surface area contributed by atoms with Gasteiger partial charge >= 0.3 is 0 Å². The summed E-state index contributed by atoms with van der Waals surface area (Å²) >= 11 is 0. The zero-order valence-electron chi connectivity index (χ0n) is 11.0. The molecule has 1 unspecified atom stereocenters. The quantitative estimate of drug-likeness (QED) is 0.778. The molecule has 3 heteroatoms. The van der Waals surface area contributed by atoms with E-state index in [1.807, 2.05) is 29.1 Å². The number of hydrogen-bond donors (Lipinski definition) is 0. The molecule has 1 aromatic heterocycles. The third-order valence-electron chi connectivity index (χ3n) is 3.21. The van der Waals surface area contributed by atoms with E-state index in [0.717, 1.165) is 12.3 Å². The number of nitrogens with zero attached hydrogens (tertiary/aromatic N) is 2. The maximum Gasteiger partial charge on any atom is 0.119 e. The molecular weight excluding hydrogens is 224 g/mol. The lowest BCUT2D eigenvalue weighted by atomic mass is 9.99. The number of aromatic nitrogens is 2. The molecule has 0 N–H and O–H groups in total. The Kier molecular flexibility index (Phi) is 4.40. The van der Waals surface area contributed by atoms with Crippen LogP contribution in [0.25, 0.3) is 0 Å². The molecule has 2 rings (SSSR count). The van der Waals surface area contributed by atoms with E-state index in [0.29, 0.717) is 12.5 Å². The average Bonchev–Trinajstić information content (AvgIpc) is 2.92. The molecule has 2 aromatic rings. The predicted octanol–water partition coefficient (Wildman–Crippen LogP) is 3.48. The van der Waals surface area contributed by atoms with Crippen LogP contribution in [0.3, 0.4) is 0 Å². The zero-order valence-corrected chi connectivity index (χ0v) is 11.0. The van der Waals surface area contributed by atoms with Gasteiger partial charge in [-0.25, -0.2) is 0 Å². The molecule has 0 aliphatic heterocycles. The Morgan fingerprint density at radius 2 is 2.06 bits per heavy atom. The topological polar surface area (TPSA) is 27.1 Å². The van der Waals surface area contributed by atoms with E-state index in [9.17, 15) is 0 Å². The summed E-state index contributed by atoms with van der Waals surface area (Å²) in [6.45, 7) is 5.87. The van der Waals surface area contributed by atoms with E-state index < -0.39 is 0 Å². The predicted molar refractivity (Wildman–Crippen MR) is 72.9 cm³/mol. The fourth-order valence-electron chi connectivity index (χ4n) is 1.82. The Bertz CT molecular complexity index is 448. The number of ether oxygens (including phenoxy) is 1. The molecule has 0 saturated heterocycles. The van der Waals surface area contributed by atoms with E-state index in [1.54, 1.807) is 6.20 Å². The molecule has 0 saturated carbocycles. The molecule has 96 valence electrons. The third kappa shape index (κ3) is 3.36. The van der Waals surface area contributed by atoms with Crippen molar-refractivity contribution in [1.82, 2.24) is 9.78 Å². The molecule has 1 atom stereocenters. The number of rotatable bonds is 6. The Morgan fingerprint density at radius 3 is 2.67 bits per heavy atom. The Hall–Kier alpha value is -1.77. The molecule has 1 aromatic carbocycles. The second-order valence-corrected chi connectivity index (χ2v) is 4.50. The second kappa shape index (κ2) is 6.24. The van der Waals surface area contributed by atoms with Gasteiger partial charge in [0.25, 0.3) is 0 Å². The van der Waals surface area contributed by atoms with Crippen LogP contribution in [-0.4, -0.2) is 16.4 Å². The van der Waals surface area contributed by atoms with Gasteiger partial charge in [0.15, 0.2) is 0 Å². The summed E-state index contributed by atoms with van der Waals surface area (Å²) < 4.78 is 7.56. The molecule has 0 amide bonds. The van der Waals surface area contributed by atoms with Gasteiger partial charge in [-0.3, -0.25) is 4.68 Å². The summed E-state index contributed by atoms with van der Waals surface area (Å²) in [5.74, 6) is 1.54. The van der Waals surface area contributed by atoms with E-state index in [-0.39, 0.29) is 0 Å². The van der Waals surface area contributed by atoms with Crippen LogP contribution < -0.4 is 4.74 Å². The summed E-state index contributed by atoms with van der Waals surface area (Å²) in [4.78, 5) is 0. The van der Waals surface area contributed by atoms with Gasteiger partial charge < -0.3 is 4.74 Å². The number of benzene rings is 1. The lowest BCUT2D eigenvalue weighted by Crippen LogP contribution is -2.08. The van der Waals surface area contributed by atoms with Crippen molar-refractivity contribution in [3.63, 3.8) is 0 Å². The zero-order chi connectivity index (χ0) is 12.8. The van der Waals surface area contributed by atoms with Crippen LogP contribution >= 0.6 is 0 Å². The second-order valence-electron chi connectivity index (χ2n) is 4.50. The Balaban J connectivity index is 1.83. The van der Waals surface area contributed by atoms with Gasteiger partial charge in [-0.2, -0.15) is 5.10 Å². The highest BCUT2D eigenvalue weighted by molar-refractivity contribution is 5.29. The van der Waals surface area contributed by atoms with Gasteiger partial charge in [0.1, 0.15) is 12.4 Å². The van der Waals surface area contributed by atoms with E-state index in [4.69, 9.17) is 4.74 Å². The van der Waals surface area contributed by atoms with Crippen molar-refractivity contribution in [2.24, 2.45) is 0 Å². The van der Waals surface area contributed by atoms with Crippen molar-refractivity contribution in [1.29, 1.82) is 0 Å². The summed E-state index contributed by atoms with van der Waals surface area (Å²) in [5, 5.41) is 4.13. The highest BCUT2D eigenvalue weighted by Gasteiger charge is 2.02. The first kappa shape index (κ1) is 12.7. The first-order valence-corrected chi connectivity index (χ1v) is 6.49. The van der Waals surface area contributed by atoms with Crippen LogP contribution in [0.5, 0.6) is 5.75 Å². The molecule has 3 nitrogen and oxygen atoms in total. The van der Waals surface area contributed by atoms with Crippen LogP contribution in [0.1, 0.15) is 31.7 Å². The smallest absolute Gasteiger partial charge is 0.119 e. The minimum atomic E-state index is 0.614.